The second kappa shape index (κ2) is 20.3. The number of ether oxygens (including phenoxy) is 1. The average molecular weight is 1020 g/mol. The Labute approximate surface area is 428 Å². The number of piperazine rings is 1. The zero-order valence-electron chi connectivity index (χ0n) is 41.1. The van der Waals surface area contributed by atoms with E-state index in [2.05, 4.69) is 43.3 Å². The van der Waals surface area contributed by atoms with Gasteiger partial charge < -0.3 is 34.8 Å². The Kier molecular flexibility index (Phi) is 13.6. The molecule has 3 N–H and O–H groups in total. The van der Waals surface area contributed by atoms with Gasteiger partial charge in [-0.05, 0) is 138 Å². The molecule has 1 aliphatic carbocycles. The van der Waals surface area contributed by atoms with E-state index < -0.39 is 17.7 Å². The molecule has 73 heavy (non-hydrogen) atoms. The molecule has 382 valence electrons. The lowest BCUT2D eigenvalue weighted by Crippen LogP contribution is -2.51. The molecule has 2 atom stereocenters. The van der Waals surface area contributed by atoms with Gasteiger partial charge in [-0.3, -0.25) is 24.8 Å². The van der Waals surface area contributed by atoms with Gasteiger partial charge in [0.05, 0.1) is 28.3 Å². The standard InChI is InChI=1S/C55H61ClF2N10O5/c1-3-40-44(57)9-5-35-24-39(69)26-41(47(35)40)49-48(58)50-42(27-59-49)51(67-29-37-6-7-38(30-67)60-37)63-53(62-50)73-32-55(16-17-55)31-65-19-11-34(12-20-65)28-64(2)18-10-33-13-21-66(22-14-33)52(71)36-4-8-43(56)45(25-36)68-23-15-46(70)61-54(68)72/h1,4-5,8-9,24-27,33-34,37-38,60,69H,6-7,10-23,28-32H2,2H3,(H,61,70,72). The van der Waals surface area contributed by atoms with Crippen molar-refractivity contribution in [3.63, 3.8) is 0 Å². The fourth-order valence-electron chi connectivity index (χ4n) is 12.0. The van der Waals surface area contributed by atoms with Gasteiger partial charge in [0.25, 0.3) is 5.91 Å². The monoisotopic (exact) mass is 1010 g/mol. The molecule has 2 unspecified atom stereocenters. The number of anilines is 2. The number of urea groups is 1. The first kappa shape index (κ1) is 49.0. The van der Waals surface area contributed by atoms with Crippen LogP contribution in [0.2, 0.25) is 5.02 Å². The van der Waals surface area contributed by atoms with Crippen molar-refractivity contribution >= 4 is 62.6 Å². The van der Waals surface area contributed by atoms with Crippen LogP contribution in [0.1, 0.15) is 80.1 Å². The average Bonchev–Trinajstić information content (AvgIpc) is 4.07. The highest BCUT2D eigenvalue weighted by atomic mass is 35.5. The fourth-order valence-corrected chi connectivity index (χ4v) is 12.2. The number of halogens is 3. The summed E-state index contributed by atoms with van der Waals surface area (Å²) in [5, 5.41) is 18.2. The van der Waals surface area contributed by atoms with E-state index in [9.17, 15) is 19.5 Å². The van der Waals surface area contributed by atoms with Crippen LogP contribution >= 0.6 is 11.6 Å². The van der Waals surface area contributed by atoms with E-state index in [1.54, 1.807) is 24.4 Å². The van der Waals surface area contributed by atoms with Crippen LogP contribution in [0.5, 0.6) is 11.8 Å². The van der Waals surface area contributed by atoms with Gasteiger partial charge in [-0.1, -0.05) is 23.6 Å². The molecule has 11 rings (SSSR count). The van der Waals surface area contributed by atoms with E-state index in [4.69, 9.17) is 32.7 Å². The van der Waals surface area contributed by atoms with Gasteiger partial charge >= 0.3 is 12.0 Å². The molecule has 7 heterocycles. The number of hydrogen-bond donors (Lipinski definition) is 3. The van der Waals surface area contributed by atoms with Crippen molar-refractivity contribution in [3.8, 4) is 35.4 Å². The van der Waals surface area contributed by atoms with E-state index >= 15 is 8.78 Å². The lowest BCUT2D eigenvalue weighted by atomic mass is 9.92. The second-order valence-corrected chi connectivity index (χ2v) is 21.8. The topological polar surface area (TPSA) is 160 Å². The van der Waals surface area contributed by atoms with Crippen molar-refractivity contribution in [2.75, 3.05) is 88.9 Å². The van der Waals surface area contributed by atoms with E-state index in [1.165, 1.54) is 29.2 Å². The Morgan fingerprint density at radius 2 is 1.73 bits per heavy atom. The number of terminal acetylenes is 1. The summed E-state index contributed by atoms with van der Waals surface area (Å²) in [6.45, 7) is 8.40. The molecule has 2 aromatic heterocycles. The fraction of sp³-hybridized carbons (Fsp3) is 0.491. The number of piperidine rings is 2. The number of pyridine rings is 1. The molecular formula is C55H61ClF2N10O5. The number of amides is 4. The predicted molar refractivity (Wildman–Crippen MR) is 276 cm³/mol. The Hall–Kier alpha value is -6.19. The second-order valence-electron chi connectivity index (χ2n) is 21.4. The highest BCUT2D eigenvalue weighted by Crippen LogP contribution is 2.47. The SMILES string of the molecule is C#Cc1c(F)ccc2cc(O)cc(-c3ncc4c(N5CC6CCC(C5)N6)nc(OCC5(CN6CCC(CN(C)CCC7CCN(C(=O)c8ccc(Cl)c(N9CCC(=O)NC9=O)c8)CC7)CC6)CC5)nc4c3F)c12. The number of carbonyl (C=O) groups excluding carboxylic acids is 3. The van der Waals surface area contributed by atoms with Gasteiger partial charge in [-0.15, -0.1) is 6.42 Å². The Morgan fingerprint density at radius 1 is 0.973 bits per heavy atom. The number of phenols is 1. The molecule has 2 bridgehead atoms. The largest absolute Gasteiger partial charge is 0.508 e. The summed E-state index contributed by atoms with van der Waals surface area (Å²) in [6, 6.07) is 10.7. The maximum absolute atomic E-state index is 17.1. The summed E-state index contributed by atoms with van der Waals surface area (Å²) < 4.78 is 38.7. The van der Waals surface area contributed by atoms with E-state index in [0.717, 1.165) is 90.5 Å². The molecule has 6 aliphatic rings. The van der Waals surface area contributed by atoms with Crippen LogP contribution in [0.15, 0.2) is 48.7 Å². The van der Waals surface area contributed by atoms with Gasteiger partial charge in [0.1, 0.15) is 28.6 Å². The summed E-state index contributed by atoms with van der Waals surface area (Å²) in [4.78, 5) is 62.5. The summed E-state index contributed by atoms with van der Waals surface area (Å²) in [6.07, 6.45) is 16.9. The zero-order chi connectivity index (χ0) is 50.5. The third-order valence-electron chi connectivity index (χ3n) is 16.3. The van der Waals surface area contributed by atoms with Gasteiger partial charge in [0, 0.05) is 92.4 Å². The normalized spacial score (nSPS) is 21.6. The maximum Gasteiger partial charge on any atom is 0.328 e. The summed E-state index contributed by atoms with van der Waals surface area (Å²) >= 11 is 6.43. The number of carbonyl (C=O) groups is 3. The Balaban J connectivity index is 0.686. The van der Waals surface area contributed by atoms with Gasteiger partial charge in [-0.25, -0.2) is 13.6 Å². The highest BCUT2D eigenvalue weighted by Gasteiger charge is 2.46. The Bertz CT molecular complexity index is 3010. The number of nitrogens with zero attached hydrogens (tertiary/aromatic N) is 8. The lowest BCUT2D eigenvalue weighted by Gasteiger charge is -2.36. The third kappa shape index (κ3) is 10.2. The van der Waals surface area contributed by atoms with Crippen molar-refractivity contribution in [2.45, 2.75) is 76.3 Å². The van der Waals surface area contributed by atoms with Crippen LogP contribution in [0.25, 0.3) is 32.9 Å². The van der Waals surface area contributed by atoms with Crippen LogP contribution in [0, 0.1) is 41.2 Å². The molecule has 5 saturated heterocycles. The number of benzene rings is 3. The molecule has 1 saturated carbocycles. The van der Waals surface area contributed by atoms with E-state index in [-0.39, 0.29) is 69.7 Å². The predicted octanol–water partition coefficient (Wildman–Crippen LogP) is 7.60. The van der Waals surface area contributed by atoms with Gasteiger partial charge in [0.2, 0.25) is 5.91 Å². The smallest absolute Gasteiger partial charge is 0.328 e. The molecule has 18 heteroatoms. The third-order valence-corrected chi connectivity index (χ3v) is 16.6. The first-order valence-corrected chi connectivity index (χ1v) is 26.2. The summed E-state index contributed by atoms with van der Waals surface area (Å²) in [5.41, 5.74) is 0.927. The van der Waals surface area contributed by atoms with Crippen LogP contribution in [0.3, 0.4) is 0 Å². The van der Waals surface area contributed by atoms with Crippen molar-refractivity contribution in [1.29, 1.82) is 0 Å². The van der Waals surface area contributed by atoms with E-state index in [1.807, 2.05) is 4.90 Å². The van der Waals surface area contributed by atoms with E-state index in [0.29, 0.717) is 89.6 Å². The number of aromatic nitrogens is 3. The first-order valence-electron chi connectivity index (χ1n) is 25.8. The number of likely N-dealkylation sites (tertiary alicyclic amines) is 2. The summed E-state index contributed by atoms with van der Waals surface area (Å²) in [7, 11) is 2.22. The Morgan fingerprint density at radius 3 is 2.45 bits per heavy atom. The van der Waals surface area contributed by atoms with Crippen molar-refractivity contribution in [1.82, 2.24) is 40.3 Å². The minimum Gasteiger partial charge on any atom is -0.508 e. The van der Waals surface area contributed by atoms with Crippen LogP contribution < -0.4 is 25.2 Å². The number of hydrogen-bond acceptors (Lipinski definition) is 12. The lowest BCUT2D eigenvalue weighted by molar-refractivity contribution is -0.120. The number of imide groups is 1. The number of phenolic OH excluding ortho intramolecular Hbond substituents is 1. The molecule has 15 nitrogen and oxygen atoms in total. The molecule has 5 aromatic rings. The number of aromatic hydroxyl groups is 1. The summed E-state index contributed by atoms with van der Waals surface area (Å²) in [5.74, 6) is 2.24. The molecule has 3 aromatic carbocycles. The molecule has 4 amide bonds. The van der Waals surface area contributed by atoms with Gasteiger partial charge in [-0.2, -0.15) is 9.97 Å². The number of nitrogens with one attached hydrogen (secondary N) is 2. The first-order chi connectivity index (χ1) is 35.3. The van der Waals surface area contributed by atoms with Crippen LogP contribution in [0.4, 0.5) is 25.1 Å². The van der Waals surface area contributed by atoms with Crippen molar-refractivity contribution in [2.24, 2.45) is 17.3 Å². The zero-order valence-corrected chi connectivity index (χ0v) is 41.9. The minimum absolute atomic E-state index is 0.0393. The maximum atomic E-state index is 17.1. The molecule has 6 fully saturated rings. The number of rotatable bonds is 14. The van der Waals surface area contributed by atoms with Crippen LogP contribution in [-0.2, 0) is 4.79 Å². The molecule has 0 radical (unpaired) electrons. The minimum atomic E-state index is -0.730. The van der Waals surface area contributed by atoms with Crippen LogP contribution in [-0.4, -0.2) is 144 Å². The number of fused-ring (bicyclic) bond motifs is 4. The quantitative estimate of drug-likeness (QED) is 0.0938. The van der Waals surface area contributed by atoms with Crippen molar-refractivity contribution < 1.29 is 33.0 Å². The molecule has 0 spiro atoms. The molecular weight excluding hydrogens is 954 g/mol. The highest BCUT2D eigenvalue weighted by molar-refractivity contribution is 6.34. The van der Waals surface area contributed by atoms with Gasteiger partial charge in [0.15, 0.2) is 5.82 Å². The van der Waals surface area contributed by atoms with Crippen molar-refractivity contribution in [3.05, 3.63) is 76.4 Å². The molecule has 5 aliphatic heterocycles.